The molecule has 0 spiro atoms. The van der Waals surface area contributed by atoms with Crippen molar-refractivity contribution < 1.29 is 18.7 Å². The lowest BCUT2D eigenvalue weighted by atomic mass is 9.96. The summed E-state index contributed by atoms with van der Waals surface area (Å²) in [6.07, 6.45) is 1.77. The highest BCUT2D eigenvalue weighted by Gasteiger charge is 2.33. The number of thiazole rings is 1. The number of rotatable bonds is 7. The molecule has 38 heavy (non-hydrogen) atoms. The van der Waals surface area contributed by atoms with E-state index in [2.05, 4.69) is 4.99 Å². The normalized spacial score (nSPS) is 15.1. The number of aromatic nitrogens is 1. The highest BCUT2D eigenvalue weighted by Crippen LogP contribution is 2.30. The predicted molar refractivity (Wildman–Crippen MR) is 144 cm³/mol. The van der Waals surface area contributed by atoms with Gasteiger partial charge in [0.05, 0.1) is 28.5 Å². The van der Waals surface area contributed by atoms with Gasteiger partial charge in [-0.25, -0.2) is 14.2 Å². The molecule has 0 N–H and O–H groups in total. The lowest BCUT2D eigenvalue weighted by Gasteiger charge is -2.24. The van der Waals surface area contributed by atoms with Gasteiger partial charge in [0.2, 0.25) is 0 Å². The van der Waals surface area contributed by atoms with E-state index in [1.165, 1.54) is 17.4 Å². The SMILES string of the molecule is CCOC(=O)C1=C(C)N=c2sc(=Cc3cccc(OCc4ccccc4F)c3)c(=O)n2[C@H]1c1ccccc1. The minimum absolute atomic E-state index is 0.0886. The first-order valence-corrected chi connectivity index (χ1v) is 13.0. The second kappa shape index (κ2) is 11.0. The minimum atomic E-state index is -0.649. The third-order valence-electron chi connectivity index (χ3n) is 6.14. The Bertz CT molecular complexity index is 1710. The van der Waals surface area contributed by atoms with Crippen molar-refractivity contribution in [3.63, 3.8) is 0 Å². The molecule has 8 heteroatoms. The van der Waals surface area contributed by atoms with E-state index < -0.39 is 12.0 Å². The summed E-state index contributed by atoms with van der Waals surface area (Å²) in [6.45, 7) is 3.81. The number of carbonyl (C=O) groups excluding carboxylic acids is 1. The average molecular weight is 529 g/mol. The van der Waals surface area contributed by atoms with Gasteiger partial charge in [0.15, 0.2) is 4.80 Å². The maximum Gasteiger partial charge on any atom is 0.338 e. The van der Waals surface area contributed by atoms with Gasteiger partial charge in [-0.2, -0.15) is 0 Å². The summed E-state index contributed by atoms with van der Waals surface area (Å²) >= 11 is 1.26. The van der Waals surface area contributed by atoms with Crippen LogP contribution in [0.25, 0.3) is 6.08 Å². The zero-order valence-electron chi connectivity index (χ0n) is 20.9. The minimum Gasteiger partial charge on any atom is -0.489 e. The van der Waals surface area contributed by atoms with Crippen LogP contribution in [0.15, 0.2) is 99.9 Å². The number of allylic oxidation sites excluding steroid dienone is 1. The Kier molecular flexibility index (Phi) is 7.33. The summed E-state index contributed by atoms with van der Waals surface area (Å²) in [5, 5.41) is 0. The number of benzene rings is 3. The van der Waals surface area contributed by atoms with Gasteiger partial charge >= 0.3 is 5.97 Å². The molecule has 0 radical (unpaired) electrons. The molecule has 0 amide bonds. The number of hydrogen-bond acceptors (Lipinski definition) is 6. The Morgan fingerprint density at radius 3 is 2.61 bits per heavy atom. The number of ether oxygens (including phenoxy) is 2. The van der Waals surface area contributed by atoms with Gasteiger partial charge < -0.3 is 9.47 Å². The number of esters is 1. The molecule has 4 aromatic rings. The van der Waals surface area contributed by atoms with Gasteiger partial charge in [0.1, 0.15) is 18.2 Å². The Balaban J connectivity index is 1.54. The number of hydrogen-bond donors (Lipinski definition) is 0. The van der Waals surface area contributed by atoms with Crippen LogP contribution >= 0.6 is 11.3 Å². The molecule has 0 saturated carbocycles. The number of halogens is 1. The summed E-state index contributed by atoms with van der Waals surface area (Å²) in [4.78, 5) is 31.7. The molecule has 1 aliphatic rings. The van der Waals surface area contributed by atoms with E-state index in [-0.39, 0.29) is 24.6 Å². The number of fused-ring (bicyclic) bond motifs is 1. The molecule has 1 atom stereocenters. The zero-order valence-corrected chi connectivity index (χ0v) is 21.7. The Hall–Kier alpha value is -4.30. The maximum atomic E-state index is 14.0. The second-order valence-corrected chi connectivity index (χ2v) is 9.67. The molecule has 6 nitrogen and oxygen atoms in total. The Morgan fingerprint density at radius 2 is 1.84 bits per heavy atom. The third-order valence-corrected chi connectivity index (χ3v) is 7.12. The van der Waals surface area contributed by atoms with E-state index in [1.807, 2.05) is 42.5 Å². The van der Waals surface area contributed by atoms with Crippen LogP contribution in [0, 0.1) is 5.82 Å². The van der Waals surface area contributed by atoms with Crippen LogP contribution in [0.4, 0.5) is 4.39 Å². The second-order valence-electron chi connectivity index (χ2n) is 8.67. The van der Waals surface area contributed by atoms with Crippen molar-refractivity contribution in [2.24, 2.45) is 4.99 Å². The molecule has 5 rings (SSSR count). The van der Waals surface area contributed by atoms with Crippen molar-refractivity contribution in [1.29, 1.82) is 0 Å². The molecule has 0 saturated heterocycles. The Labute approximate surface area is 222 Å². The molecule has 0 unspecified atom stereocenters. The third kappa shape index (κ3) is 5.08. The fourth-order valence-corrected chi connectivity index (χ4v) is 5.41. The van der Waals surface area contributed by atoms with Crippen molar-refractivity contribution in [3.8, 4) is 5.75 Å². The van der Waals surface area contributed by atoms with Crippen molar-refractivity contribution in [2.75, 3.05) is 6.61 Å². The first-order chi connectivity index (χ1) is 18.5. The first-order valence-electron chi connectivity index (χ1n) is 12.2. The van der Waals surface area contributed by atoms with Gasteiger partial charge in [-0.1, -0.05) is 72.0 Å². The first kappa shape index (κ1) is 25.4. The molecule has 0 bridgehead atoms. The monoisotopic (exact) mass is 528 g/mol. The zero-order chi connectivity index (χ0) is 26.6. The summed E-state index contributed by atoms with van der Waals surface area (Å²) in [7, 11) is 0. The standard InChI is InChI=1S/C30H25FN2O4S/c1-3-36-29(35)26-19(2)32-30-33(27(26)21-11-5-4-6-12-21)28(34)25(38-30)17-20-10-9-14-23(16-20)37-18-22-13-7-8-15-24(22)31/h4-17,27H,3,18H2,1-2H3/t27-/m0/s1. The lowest BCUT2D eigenvalue weighted by Crippen LogP contribution is -2.39. The van der Waals surface area contributed by atoms with Crippen LogP contribution in [0.5, 0.6) is 5.75 Å². The highest BCUT2D eigenvalue weighted by molar-refractivity contribution is 7.07. The molecule has 2 heterocycles. The quantitative estimate of drug-likeness (QED) is 0.331. The molecular weight excluding hydrogens is 503 g/mol. The van der Waals surface area contributed by atoms with Gasteiger partial charge in [-0.3, -0.25) is 9.36 Å². The molecule has 3 aromatic carbocycles. The van der Waals surface area contributed by atoms with Crippen LogP contribution < -0.4 is 19.6 Å². The smallest absolute Gasteiger partial charge is 0.338 e. The highest BCUT2D eigenvalue weighted by atomic mass is 32.1. The van der Waals surface area contributed by atoms with E-state index >= 15 is 0 Å². The predicted octanol–water partition coefficient (Wildman–Crippen LogP) is 4.52. The van der Waals surface area contributed by atoms with E-state index in [9.17, 15) is 14.0 Å². The summed E-state index contributed by atoms with van der Waals surface area (Å²) in [6, 6.07) is 22.5. The van der Waals surface area contributed by atoms with E-state index in [1.54, 1.807) is 54.8 Å². The molecule has 192 valence electrons. The molecular formula is C30H25FN2O4S. The van der Waals surface area contributed by atoms with Crippen molar-refractivity contribution in [1.82, 2.24) is 4.57 Å². The van der Waals surface area contributed by atoms with E-state index in [0.717, 1.165) is 11.1 Å². The van der Waals surface area contributed by atoms with E-state index in [4.69, 9.17) is 9.47 Å². The average Bonchev–Trinajstić information content (AvgIpc) is 3.22. The molecule has 0 fully saturated rings. The Morgan fingerprint density at radius 1 is 1.08 bits per heavy atom. The van der Waals surface area contributed by atoms with Crippen molar-refractivity contribution in [2.45, 2.75) is 26.5 Å². The van der Waals surface area contributed by atoms with Crippen LogP contribution in [-0.4, -0.2) is 17.1 Å². The van der Waals surface area contributed by atoms with Gasteiger partial charge in [0.25, 0.3) is 5.56 Å². The van der Waals surface area contributed by atoms with Gasteiger partial charge in [-0.05, 0) is 49.2 Å². The van der Waals surface area contributed by atoms with Crippen LogP contribution in [-0.2, 0) is 16.1 Å². The summed E-state index contributed by atoms with van der Waals surface area (Å²) in [5.74, 6) is -0.260. The largest absolute Gasteiger partial charge is 0.489 e. The van der Waals surface area contributed by atoms with E-state index in [0.29, 0.717) is 31.9 Å². The van der Waals surface area contributed by atoms with Crippen LogP contribution in [0.3, 0.4) is 0 Å². The number of carbonyl (C=O) groups is 1. The van der Waals surface area contributed by atoms with Crippen molar-refractivity contribution in [3.05, 3.63) is 132 Å². The van der Waals surface area contributed by atoms with Crippen molar-refractivity contribution >= 4 is 23.4 Å². The van der Waals surface area contributed by atoms with Gasteiger partial charge in [-0.15, -0.1) is 0 Å². The van der Waals surface area contributed by atoms with Crippen LogP contribution in [0.2, 0.25) is 0 Å². The van der Waals surface area contributed by atoms with Crippen LogP contribution in [0.1, 0.15) is 36.6 Å². The summed E-state index contributed by atoms with van der Waals surface area (Å²) < 4.78 is 27.1. The number of nitrogens with zero attached hydrogens (tertiary/aromatic N) is 2. The fourth-order valence-electron chi connectivity index (χ4n) is 4.36. The van der Waals surface area contributed by atoms with Gasteiger partial charge in [0, 0.05) is 5.56 Å². The molecule has 1 aromatic heterocycles. The summed E-state index contributed by atoms with van der Waals surface area (Å²) in [5.41, 5.74) is 2.61. The molecule has 1 aliphatic heterocycles. The topological polar surface area (TPSA) is 69.9 Å². The lowest BCUT2D eigenvalue weighted by molar-refractivity contribution is -0.139. The fraction of sp³-hybridized carbons (Fsp3) is 0.167. The maximum absolute atomic E-state index is 14.0. The molecule has 0 aliphatic carbocycles.